The molecule has 5 nitrogen and oxygen atoms in total. The number of carbonyl (C=O) groups excluding carboxylic acids is 1. The van der Waals surface area contributed by atoms with Crippen LogP contribution in [0.5, 0.6) is 0 Å². The average molecular weight is 324 g/mol. The highest BCUT2D eigenvalue weighted by Crippen LogP contribution is 2.25. The van der Waals surface area contributed by atoms with Gasteiger partial charge in [-0.15, -0.1) is 11.3 Å². The molecule has 0 spiro atoms. The Labute approximate surface area is 137 Å². The highest BCUT2D eigenvalue weighted by atomic mass is 32.1. The van der Waals surface area contributed by atoms with Gasteiger partial charge in [0.1, 0.15) is 5.01 Å². The number of aromatic nitrogens is 1. The molecule has 0 aromatic carbocycles. The third-order valence-corrected chi connectivity index (χ3v) is 4.83. The van der Waals surface area contributed by atoms with Crippen LogP contribution in [0.15, 0.2) is 5.38 Å². The number of nitrogens with one attached hydrogen (secondary N) is 1. The molecule has 22 heavy (non-hydrogen) atoms. The molecule has 1 fully saturated rings. The maximum atomic E-state index is 12.1. The maximum absolute atomic E-state index is 12.1. The highest BCUT2D eigenvalue weighted by molar-refractivity contribution is 7.09. The van der Waals surface area contributed by atoms with Crippen molar-refractivity contribution in [3.63, 3.8) is 0 Å². The van der Waals surface area contributed by atoms with Crippen LogP contribution in [0.3, 0.4) is 0 Å². The van der Waals surface area contributed by atoms with Crippen molar-refractivity contribution in [2.75, 3.05) is 26.2 Å². The zero-order valence-corrected chi connectivity index (χ0v) is 14.7. The second-order valence-electron chi connectivity index (χ2n) is 7.03. The van der Waals surface area contributed by atoms with Crippen LogP contribution < -0.4 is 11.1 Å². The van der Waals surface area contributed by atoms with Crippen LogP contribution in [-0.2, 0) is 16.8 Å². The van der Waals surface area contributed by atoms with Crippen LogP contribution in [0.1, 0.15) is 44.3 Å². The van der Waals surface area contributed by atoms with Gasteiger partial charge in [-0.25, -0.2) is 4.98 Å². The molecule has 1 unspecified atom stereocenters. The third-order valence-electron chi connectivity index (χ3n) is 4.00. The summed E-state index contributed by atoms with van der Waals surface area (Å²) in [5.74, 6) is 0.229. The van der Waals surface area contributed by atoms with E-state index in [2.05, 4.69) is 36.4 Å². The van der Waals surface area contributed by atoms with E-state index in [9.17, 15) is 4.79 Å². The Kier molecular flexibility index (Phi) is 5.94. The number of amides is 1. The van der Waals surface area contributed by atoms with Crippen molar-refractivity contribution in [2.24, 2.45) is 11.7 Å². The Bertz CT molecular complexity index is 495. The van der Waals surface area contributed by atoms with E-state index in [0.717, 1.165) is 43.2 Å². The number of likely N-dealkylation sites (tertiary alicyclic amines) is 1. The lowest BCUT2D eigenvalue weighted by Crippen LogP contribution is -2.43. The van der Waals surface area contributed by atoms with Crippen LogP contribution in [0, 0.1) is 5.92 Å². The lowest BCUT2D eigenvalue weighted by atomic mass is 9.93. The van der Waals surface area contributed by atoms with E-state index in [4.69, 9.17) is 10.7 Å². The number of nitrogens with zero attached hydrogens (tertiary/aromatic N) is 2. The van der Waals surface area contributed by atoms with E-state index >= 15 is 0 Å². The monoisotopic (exact) mass is 324 g/mol. The molecule has 1 aliphatic heterocycles. The molecule has 124 valence electrons. The number of hydrogen-bond donors (Lipinski definition) is 2. The molecular formula is C16H28N4OS. The lowest BCUT2D eigenvalue weighted by molar-refractivity contribution is -0.126. The van der Waals surface area contributed by atoms with Gasteiger partial charge in [0.05, 0.1) is 18.2 Å². The molecular weight excluding hydrogens is 296 g/mol. The van der Waals surface area contributed by atoms with E-state index in [1.54, 1.807) is 11.3 Å². The summed E-state index contributed by atoms with van der Waals surface area (Å²) in [5.41, 5.74) is 6.69. The molecule has 0 saturated carbocycles. The molecule has 1 aliphatic rings. The van der Waals surface area contributed by atoms with Crippen molar-refractivity contribution in [1.82, 2.24) is 15.2 Å². The van der Waals surface area contributed by atoms with Crippen LogP contribution in [0.4, 0.5) is 0 Å². The zero-order valence-electron chi connectivity index (χ0n) is 13.9. The van der Waals surface area contributed by atoms with Gasteiger partial charge in [0.25, 0.3) is 0 Å². The maximum Gasteiger partial charge on any atom is 0.224 e. The van der Waals surface area contributed by atoms with Gasteiger partial charge in [-0.05, 0) is 19.4 Å². The van der Waals surface area contributed by atoms with Crippen molar-refractivity contribution in [3.8, 4) is 0 Å². The summed E-state index contributed by atoms with van der Waals surface area (Å²) >= 11 is 1.72. The quantitative estimate of drug-likeness (QED) is 0.865. The van der Waals surface area contributed by atoms with Crippen LogP contribution in [0.25, 0.3) is 0 Å². The number of carbonyl (C=O) groups is 1. The fraction of sp³-hybridized carbons (Fsp3) is 0.750. The molecule has 1 amide bonds. The first-order chi connectivity index (χ1) is 10.4. The largest absolute Gasteiger partial charge is 0.355 e. The number of thiazole rings is 1. The van der Waals surface area contributed by atoms with Crippen LogP contribution in [0.2, 0.25) is 0 Å². The molecule has 6 heteroatoms. The summed E-state index contributed by atoms with van der Waals surface area (Å²) in [4.78, 5) is 19.2. The molecule has 0 radical (unpaired) electrons. The minimum atomic E-state index is 0.0855. The molecule has 1 aromatic rings. The van der Waals surface area contributed by atoms with E-state index in [1.807, 2.05) is 0 Å². The number of nitrogens with two attached hydrogens (primary N) is 1. The van der Waals surface area contributed by atoms with Gasteiger partial charge in [0, 0.05) is 30.4 Å². The molecule has 3 N–H and O–H groups in total. The van der Waals surface area contributed by atoms with Crippen molar-refractivity contribution < 1.29 is 4.79 Å². The highest BCUT2D eigenvalue weighted by Gasteiger charge is 2.26. The van der Waals surface area contributed by atoms with Gasteiger partial charge in [0.15, 0.2) is 0 Å². The smallest absolute Gasteiger partial charge is 0.224 e. The minimum Gasteiger partial charge on any atom is -0.355 e. The Morgan fingerprint density at radius 3 is 2.95 bits per heavy atom. The van der Waals surface area contributed by atoms with Gasteiger partial charge < -0.3 is 11.1 Å². The standard InChI is InChI=1S/C16H28N4OS/c1-16(2,3)13-11-22-14(19-13)10-20-8-4-5-12(9-20)15(21)18-7-6-17/h11-12H,4-10,17H2,1-3H3,(H,18,21). The molecule has 1 atom stereocenters. The predicted octanol–water partition coefficient (Wildman–Crippen LogP) is 1.73. The SMILES string of the molecule is CC(C)(C)c1csc(CN2CCCC(C(=O)NCCN)C2)n1. The normalized spacial score (nSPS) is 20.1. The summed E-state index contributed by atoms with van der Waals surface area (Å²) < 4.78 is 0. The first kappa shape index (κ1) is 17.4. The van der Waals surface area contributed by atoms with Gasteiger partial charge in [-0.3, -0.25) is 9.69 Å². The van der Waals surface area contributed by atoms with E-state index in [-0.39, 0.29) is 17.2 Å². The first-order valence-electron chi connectivity index (χ1n) is 8.05. The summed E-state index contributed by atoms with van der Waals surface area (Å²) in [6, 6.07) is 0. The molecule has 2 rings (SSSR count). The van der Waals surface area contributed by atoms with E-state index in [0.29, 0.717) is 13.1 Å². The summed E-state index contributed by atoms with van der Waals surface area (Å²) in [7, 11) is 0. The van der Waals surface area contributed by atoms with Crippen molar-refractivity contribution in [2.45, 2.75) is 45.6 Å². The van der Waals surface area contributed by atoms with Crippen molar-refractivity contribution >= 4 is 17.2 Å². The van der Waals surface area contributed by atoms with Crippen LogP contribution >= 0.6 is 11.3 Å². The fourth-order valence-electron chi connectivity index (χ4n) is 2.67. The summed E-state index contributed by atoms with van der Waals surface area (Å²) in [6.45, 7) is 10.3. The van der Waals surface area contributed by atoms with Crippen molar-refractivity contribution in [1.29, 1.82) is 0 Å². The summed E-state index contributed by atoms with van der Waals surface area (Å²) in [5, 5.41) is 6.21. The van der Waals surface area contributed by atoms with Crippen molar-refractivity contribution in [3.05, 3.63) is 16.1 Å². The van der Waals surface area contributed by atoms with Gasteiger partial charge >= 0.3 is 0 Å². The predicted molar refractivity (Wildman–Crippen MR) is 90.9 cm³/mol. The Morgan fingerprint density at radius 1 is 1.55 bits per heavy atom. The van der Waals surface area contributed by atoms with E-state index < -0.39 is 0 Å². The van der Waals surface area contributed by atoms with Gasteiger partial charge in [0.2, 0.25) is 5.91 Å². The molecule has 1 saturated heterocycles. The fourth-order valence-corrected chi connectivity index (χ4v) is 3.73. The van der Waals surface area contributed by atoms with Crippen LogP contribution in [-0.4, -0.2) is 42.0 Å². The third kappa shape index (κ3) is 4.76. The van der Waals surface area contributed by atoms with E-state index in [1.165, 1.54) is 0 Å². The second kappa shape index (κ2) is 7.53. The summed E-state index contributed by atoms with van der Waals surface area (Å²) in [6.07, 6.45) is 2.04. The molecule has 0 bridgehead atoms. The number of piperidine rings is 1. The topological polar surface area (TPSA) is 71.2 Å². The van der Waals surface area contributed by atoms with Gasteiger partial charge in [-0.2, -0.15) is 0 Å². The van der Waals surface area contributed by atoms with Gasteiger partial charge in [-0.1, -0.05) is 20.8 Å². The zero-order chi connectivity index (χ0) is 16.2. The second-order valence-corrected chi connectivity index (χ2v) is 7.97. The Morgan fingerprint density at radius 2 is 2.32 bits per heavy atom. The Balaban J connectivity index is 1.90. The molecule has 2 heterocycles. The number of rotatable bonds is 5. The minimum absolute atomic E-state index is 0.0855. The molecule has 1 aromatic heterocycles. The Hall–Kier alpha value is -0.980. The molecule has 0 aliphatic carbocycles. The number of hydrogen-bond acceptors (Lipinski definition) is 5. The first-order valence-corrected chi connectivity index (χ1v) is 8.93. The average Bonchev–Trinajstić information content (AvgIpc) is 2.93. The lowest BCUT2D eigenvalue weighted by Gasteiger charge is -2.31.